The topological polar surface area (TPSA) is 69.9 Å². The second kappa shape index (κ2) is 9.95. The summed E-state index contributed by atoms with van der Waals surface area (Å²) in [5, 5.41) is 0. The minimum Gasteiger partial charge on any atom is -0.485 e. The fraction of sp³-hybridized carbons (Fsp3) is 0.250. The summed E-state index contributed by atoms with van der Waals surface area (Å²) in [7, 11) is 0. The highest BCUT2D eigenvalue weighted by atomic mass is 32.2. The van der Waals surface area contributed by atoms with Gasteiger partial charge in [0, 0.05) is 10.5 Å². The number of thioether (sulfide) groups is 1. The van der Waals surface area contributed by atoms with Crippen LogP contribution in [0.15, 0.2) is 80.1 Å². The van der Waals surface area contributed by atoms with Crippen LogP contribution < -0.4 is 19.6 Å². The first-order chi connectivity index (χ1) is 17.4. The molecule has 3 heterocycles. The summed E-state index contributed by atoms with van der Waals surface area (Å²) in [4.78, 5) is 33.2. The van der Waals surface area contributed by atoms with E-state index in [-0.39, 0.29) is 18.3 Å². The Bertz CT molecular complexity index is 1580. The monoisotopic (exact) mass is 518 g/mol. The van der Waals surface area contributed by atoms with Crippen molar-refractivity contribution in [3.8, 4) is 5.75 Å². The molecule has 3 aromatic rings. The molecule has 0 saturated heterocycles. The molecule has 2 atom stereocenters. The highest BCUT2D eigenvalue weighted by Crippen LogP contribution is 2.32. The molecule has 6 nitrogen and oxygen atoms in total. The molecule has 2 aliphatic heterocycles. The predicted molar refractivity (Wildman–Crippen MR) is 144 cm³/mol. The number of hydrogen-bond acceptors (Lipinski definition) is 7. The summed E-state index contributed by atoms with van der Waals surface area (Å²) >= 11 is 2.95. The molecule has 1 aromatic heterocycles. The highest BCUT2D eigenvalue weighted by molar-refractivity contribution is 7.98. The van der Waals surface area contributed by atoms with Crippen LogP contribution >= 0.6 is 23.1 Å². The smallest absolute Gasteiger partial charge is 0.338 e. The minimum absolute atomic E-state index is 0.195. The molecular formula is C28H26N2O4S2. The molecule has 184 valence electrons. The standard InChI is InChI=1S/C28H26N2O4S2/c1-5-33-27(32)24-16(2)29-28-30(25(24)18-10-12-21(35-4)13-11-18)26(31)23(36-28)15-20-14-19-8-6-7-9-22(19)34-17(20)3/h6-15,17,25H,5H2,1-4H3/b23-15-. The van der Waals surface area contributed by atoms with E-state index in [0.717, 1.165) is 27.3 Å². The molecule has 36 heavy (non-hydrogen) atoms. The summed E-state index contributed by atoms with van der Waals surface area (Å²) in [6, 6.07) is 15.1. The average Bonchev–Trinajstić information content (AvgIpc) is 3.18. The summed E-state index contributed by atoms with van der Waals surface area (Å²) in [5.41, 5.74) is 3.46. The molecule has 0 amide bonds. The van der Waals surface area contributed by atoms with E-state index >= 15 is 0 Å². The lowest BCUT2D eigenvalue weighted by Crippen LogP contribution is -2.40. The molecule has 0 N–H and O–H groups in total. The van der Waals surface area contributed by atoms with Gasteiger partial charge in [0.1, 0.15) is 11.9 Å². The number of para-hydroxylation sites is 1. The van der Waals surface area contributed by atoms with E-state index < -0.39 is 12.0 Å². The van der Waals surface area contributed by atoms with Crippen LogP contribution in [0.1, 0.15) is 37.9 Å². The van der Waals surface area contributed by atoms with Crippen molar-refractivity contribution in [1.82, 2.24) is 4.57 Å². The maximum absolute atomic E-state index is 13.8. The SMILES string of the molecule is CCOC(=O)C1=C(C)N=c2s/c(=C\C3=Cc4ccccc4OC3C)c(=O)n2C1c1ccc(SC)cc1. The Balaban J connectivity index is 1.68. The van der Waals surface area contributed by atoms with Crippen LogP contribution in [0.3, 0.4) is 0 Å². The molecular weight excluding hydrogens is 492 g/mol. The summed E-state index contributed by atoms with van der Waals surface area (Å²) in [5.74, 6) is 0.368. The van der Waals surface area contributed by atoms with Gasteiger partial charge in [-0.2, -0.15) is 0 Å². The Morgan fingerprint density at radius 2 is 1.97 bits per heavy atom. The van der Waals surface area contributed by atoms with Crippen molar-refractivity contribution in [3.05, 3.63) is 96.2 Å². The molecule has 5 rings (SSSR count). The van der Waals surface area contributed by atoms with Gasteiger partial charge in [-0.15, -0.1) is 11.8 Å². The number of carbonyl (C=O) groups excluding carboxylic acids is 1. The molecule has 0 saturated carbocycles. The van der Waals surface area contributed by atoms with Crippen LogP contribution in [-0.4, -0.2) is 29.5 Å². The quantitative estimate of drug-likeness (QED) is 0.371. The predicted octanol–water partition coefficient (Wildman–Crippen LogP) is 4.34. The van der Waals surface area contributed by atoms with Gasteiger partial charge in [-0.1, -0.05) is 41.7 Å². The first-order valence-electron chi connectivity index (χ1n) is 11.7. The summed E-state index contributed by atoms with van der Waals surface area (Å²) in [6.45, 7) is 5.77. The lowest BCUT2D eigenvalue weighted by Gasteiger charge is -2.24. The first-order valence-corrected chi connectivity index (χ1v) is 13.8. The second-order valence-corrected chi connectivity index (χ2v) is 10.4. The fourth-order valence-corrected chi connectivity index (χ4v) is 5.92. The number of fused-ring (bicyclic) bond motifs is 2. The van der Waals surface area contributed by atoms with E-state index in [1.807, 2.05) is 67.8 Å². The van der Waals surface area contributed by atoms with Crippen LogP contribution in [0.2, 0.25) is 0 Å². The number of rotatable bonds is 5. The molecule has 2 aromatic carbocycles. The van der Waals surface area contributed by atoms with Gasteiger partial charge >= 0.3 is 5.97 Å². The van der Waals surface area contributed by atoms with E-state index in [2.05, 4.69) is 11.1 Å². The van der Waals surface area contributed by atoms with E-state index in [0.29, 0.717) is 20.6 Å². The highest BCUT2D eigenvalue weighted by Gasteiger charge is 2.33. The number of carbonyl (C=O) groups is 1. The summed E-state index contributed by atoms with van der Waals surface area (Å²) < 4.78 is 13.6. The Morgan fingerprint density at radius 1 is 1.22 bits per heavy atom. The Morgan fingerprint density at radius 3 is 2.69 bits per heavy atom. The molecule has 0 bridgehead atoms. The number of esters is 1. The number of thiazole rings is 1. The molecule has 0 fully saturated rings. The van der Waals surface area contributed by atoms with Crippen molar-refractivity contribution >= 4 is 41.2 Å². The van der Waals surface area contributed by atoms with Crippen molar-refractivity contribution in [2.24, 2.45) is 4.99 Å². The van der Waals surface area contributed by atoms with Crippen molar-refractivity contribution in [3.63, 3.8) is 0 Å². The maximum Gasteiger partial charge on any atom is 0.338 e. The van der Waals surface area contributed by atoms with Crippen molar-refractivity contribution in [2.75, 3.05) is 12.9 Å². The van der Waals surface area contributed by atoms with Gasteiger partial charge in [0.25, 0.3) is 5.56 Å². The van der Waals surface area contributed by atoms with Gasteiger partial charge in [0.05, 0.1) is 28.5 Å². The lowest BCUT2D eigenvalue weighted by atomic mass is 9.96. The van der Waals surface area contributed by atoms with Gasteiger partial charge in [-0.05, 0) is 68.5 Å². The minimum atomic E-state index is -0.618. The van der Waals surface area contributed by atoms with Gasteiger partial charge in [0.2, 0.25) is 0 Å². The van der Waals surface area contributed by atoms with Gasteiger partial charge in [0.15, 0.2) is 4.80 Å². The van der Waals surface area contributed by atoms with Gasteiger partial charge < -0.3 is 9.47 Å². The third kappa shape index (κ3) is 4.35. The first kappa shape index (κ1) is 24.3. The number of aromatic nitrogens is 1. The molecule has 0 radical (unpaired) electrons. The van der Waals surface area contributed by atoms with Crippen LogP contribution in [-0.2, 0) is 9.53 Å². The number of ether oxygens (including phenoxy) is 2. The molecule has 0 aliphatic carbocycles. The normalized spacial score (nSPS) is 19.1. The van der Waals surface area contributed by atoms with Crippen LogP contribution in [0.5, 0.6) is 5.75 Å². The van der Waals surface area contributed by atoms with Crippen molar-refractivity contribution in [2.45, 2.75) is 37.8 Å². The van der Waals surface area contributed by atoms with E-state index in [4.69, 9.17) is 9.47 Å². The Kier molecular flexibility index (Phi) is 6.73. The van der Waals surface area contributed by atoms with Crippen molar-refractivity contribution < 1.29 is 14.3 Å². The van der Waals surface area contributed by atoms with E-state index in [9.17, 15) is 9.59 Å². The number of hydrogen-bond donors (Lipinski definition) is 0. The number of benzene rings is 2. The van der Waals surface area contributed by atoms with Crippen LogP contribution in [0, 0.1) is 0 Å². The van der Waals surface area contributed by atoms with Crippen LogP contribution in [0.4, 0.5) is 0 Å². The van der Waals surface area contributed by atoms with Crippen LogP contribution in [0.25, 0.3) is 12.2 Å². The maximum atomic E-state index is 13.8. The molecule has 0 spiro atoms. The molecule has 8 heteroatoms. The zero-order chi connectivity index (χ0) is 25.4. The molecule has 2 aliphatic rings. The zero-order valence-electron chi connectivity index (χ0n) is 20.5. The fourth-order valence-electron chi connectivity index (χ4n) is 4.47. The third-order valence-electron chi connectivity index (χ3n) is 6.26. The van der Waals surface area contributed by atoms with E-state index in [1.54, 1.807) is 30.2 Å². The number of allylic oxidation sites excluding steroid dienone is 1. The van der Waals surface area contributed by atoms with E-state index in [1.165, 1.54) is 11.3 Å². The van der Waals surface area contributed by atoms with Gasteiger partial charge in [-0.25, -0.2) is 9.79 Å². The third-order valence-corrected chi connectivity index (χ3v) is 7.99. The number of nitrogens with zero attached hydrogens (tertiary/aromatic N) is 2. The lowest BCUT2D eigenvalue weighted by molar-refractivity contribution is -0.139. The zero-order valence-corrected chi connectivity index (χ0v) is 22.1. The average molecular weight is 519 g/mol. The Hall–Kier alpha value is -3.36. The largest absolute Gasteiger partial charge is 0.485 e. The van der Waals surface area contributed by atoms with Crippen molar-refractivity contribution in [1.29, 1.82) is 0 Å². The molecule has 2 unspecified atom stereocenters. The summed E-state index contributed by atoms with van der Waals surface area (Å²) in [6.07, 6.45) is 5.73. The van der Waals surface area contributed by atoms with Gasteiger partial charge in [-0.3, -0.25) is 9.36 Å². The second-order valence-electron chi connectivity index (χ2n) is 8.52. The Labute approximate surface area is 217 Å².